The lowest BCUT2D eigenvalue weighted by atomic mass is 10.1. The van der Waals surface area contributed by atoms with Crippen LogP contribution in [-0.4, -0.2) is 43.9 Å². The maximum Gasteiger partial charge on any atom is 0.338 e. The summed E-state index contributed by atoms with van der Waals surface area (Å²) in [5, 5.41) is 23.4. The fourth-order valence-corrected chi connectivity index (χ4v) is 1.83. The summed E-state index contributed by atoms with van der Waals surface area (Å²) in [7, 11) is 0. The molecule has 1 unspecified atom stereocenters. The molecule has 2 aromatic rings. The maximum absolute atomic E-state index is 13.9. The highest BCUT2D eigenvalue weighted by Gasteiger charge is 2.17. The van der Waals surface area contributed by atoms with Crippen LogP contribution in [0.25, 0.3) is 10.4 Å². The van der Waals surface area contributed by atoms with Gasteiger partial charge in [0.15, 0.2) is 6.33 Å². The Hall–Kier alpha value is -3.20. The average molecular weight is 321 g/mol. The van der Waals surface area contributed by atoms with E-state index in [1.807, 2.05) is 0 Å². The van der Waals surface area contributed by atoms with Gasteiger partial charge in [-0.1, -0.05) is 5.11 Å². The van der Waals surface area contributed by atoms with Crippen LogP contribution in [0, 0.1) is 12.7 Å². The number of tetrazole rings is 1. The van der Waals surface area contributed by atoms with Crippen molar-refractivity contribution in [2.45, 2.75) is 19.5 Å². The third-order valence-corrected chi connectivity index (χ3v) is 2.98. The first-order valence-electron chi connectivity index (χ1n) is 6.43. The summed E-state index contributed by atoms with van der Waals surface area (Å²) in [6.07, 6.45) is 1.23. The van der Waals surface area contributed by atoms with Crippen molar-refractivity contribution in [3.63, 3.8) is 0 Å². The van der Waals surface area contributed by atoms with E-state index in [1.54, 1.807) is 0 Å². The Morgan fingerprint density at radius 3 is 3.00 bits per heavy atom. The van der Waals surface area contributed by atoms with Gasteiger partial charge in [-0.2, -0.15) is 4.80 Å². The number of benzene rings is 1. The summed E-state index contributed by atoms with van der Waals surface area (Å²) >= 11 is 0. The lowest BCUT2D eigenvalue weighted by Gasteiger charge is -2.14. The second-order valence-electron chi connectivity index (χ2n) is 4.52. The molecule has 1 aromatic carbocycles. The lowest BCUT2D eigenvalue weighted by molar-refractivity contribution is 0.0691. The van der Waals surface area contributed by atoms with E-state index < -0.39 is 23.4 Å². The number of carboxylic acid groups (broad SMARTS) is 1. The number of aromatic carboxylic acids is 1. The molecule has 11 heteroatoms. The van der Waals surface area contributed by atoms with Gasteiger partial charge in [-0.15, -0.1) is 10.2 Å². The number of rotatable bonds is 7. The molecule has 0 amide bonds. The van der Waals surface area contributed by atoms with E-state index in [0.717, 1.165) is 6.07 Å². The average Bonchev–Trinajstić information content (AvgIpc) is 3.01. The van der Waals surface area contributed by atoms with Crippen LogP contribution in [0.3, 0.4) is 0 Å². The third-order valence-electron chi connectivity index (χ3n) is 2.98. The molecule has 0 radical (unpaired) electrons. The molecule has 1 N–H and O–H groups in total. The molecule has 10 nitrogen and oxygen atoms in total. The van der Waals surface area contributed by atoms with Crippen molar-refractivity contribution >= 4 is 5.97 Å². The maximum atomic E-state index is 13.9. The highest BCUT2D eigenvalue weighted by atomic mass is 19.1. The first-order chi connectivity index (χ1) is 11.0. The Balaban J connectivity index is 2.10. The number of ether oxygens (including phenoxy) is 1. The smallest absolute Gasteiger partial charge is 0.338 e. The molecule has 2 rings (SSSR count). The van der Waals surface area contributed by atoms with Crippen LogP contribution in [0.1, 0.15) is 15.9 Å². The van der Waals surface area contributed by atoms with Crippen LogP contribution in [0.2, 0.25) is 0 Å². The van der Waals surface area contributed by atoms with Gasteiger partial charge >= 0.3 is 5.97 Å². The summed E-state index contributed by atoms with van der Waals surface area (Å²) in [6.45, 7) is 1.48. The molecule has 0 saturated heterocycles. The van der Waals surface area contributed by atoms with Gasteiger partial charge in [-0.25, -0.2) is 9.18 Å². The summed E-state index contributed by atoms with van der Waals surface area (Å²) < 4.78 is 19.3. The standard InChI is InChI=1S/C12H12FN7O3/c1-7-10(3-2-9(11(7)13)12(21)22)23-5-8(17-18-14)4-20-16-6-15-19-20/h2-3,6,8H,4-5H2,1H3,(H,21,22). The molecule has 0 fully saturated rings. The van der Waals surface area contributed by atoms with Crippen LogP contribution < -0.4 is 4.74 Å². The number of hydrogen-bond donors (Lipinski definition) is 1. The molecule has 23 heavy (non-hydrogen) atoms. The number of carbonyl (C=O) groups is 1. The van der Waals surface area contributed by atoms with Crippen molar-refractivity contribution in [1.29, 1.82) is 0 Å². The van der Waals surface area contributed by atoms with E-state index in [0.29, 0.717) is 0 Å². The summed E-state index contributed by atoms with van der Waals surface area (Å²) in [6, 6.07) is 1.82. The number of carboxylic acids is 1. The number of hydrogen-bond acceptors (Lipinski definition) is 6. The number of aromatic nitrogens is 4. The van der Waals surface area contributed by atoms with Gasteiger partial charge in [0, 0.05) is 10.5 Å². The molecule has 0 bridgehead atoms. The Kier molecular flexibility index (Phi) is 5.05. The minimum absolute atomic E-state index is 0.0572. The second kappa shape index (κ2) is 7.18. The van der Waals surface area contributed by atoms with Crippen LogP contribution in [-0.2, 0) is 6.54 Å². The zero-order chi connectivity index (χ0) is 16.8. The van der Waals surface area contributed by atoms with Gasteiger partial charge in [0.05, 0.1) is 24.8 Å². The summed E-state index contributed by atoms with van der Waals surface area (Å²) in [5.41, 5.74) is 8.19. The van der Waals surface area contributed by atoms with E-state index in [4.69, 9.17) is 15.4 Å². The summed E-state index contributed by atoms with van der Waals surface area (Å²) in [5.74, 6) is -2.06. The normalized spacial score (nSPS) is 11.6. The predicted molar refractivity (Wildman–Crippen MR) is 74.3 cm³/mol. The van der Waals surface area contributed by atoms with Gasteiger partial charge in [-0.3, -0.25) is 0 Å². The zero-order valence-corrected chi connectivity index (χ0v) is 12.0. The Morgan fingerprint density at radius 2 is 2.39 bits per heavy atom. The third kappa shape index (κ3) is 3.92. The lowest BCUT2D eigenvalue weighted by Crippen LogP contribution is -2.23. The molecular formula is C12H12FN7O3. The van der Waals surface area contributed by atoms with Crippen molar-refractivity contribution in [1.82, 2.24) is 20.2 Å². The molecule has 1 aromatic heterocycles. The minimum atomic E-state index is -1.36. The molecule has 1 heterocycles. The Labute approximate surface area is 129 Å². The summed E-state index contributed by atoms with van der Waals surface area (Å²) in [4.78, 5) is 14.8. The van der Waals surface area contributed by atoms with Crippen LogP contribution >= 0.6 is 0 Å². The molecule has 0 spiro atoms. The zero-order valence-electron chi connectivity index (χ0n) is 12.0. The van der Waals surface area contributed by atoms with E-state index in [1.165, 1.54) is 24.1 Å². The van der Waals surface area contributed by atoms with Gasteiger partial charge in [-0.05, 0) is 29.8 Å². The number of nitrogens with zero attached hydrogens (tertiary/aromatic N) is 7. The minimum Gasteiger partial charge on any atom is -0.493 e. The second-order valence-corrected chi connectivity index (χ2v) is 4.52. The topological polar surface area (TPSA) is 139 Å². The van der Waals surface area contributed by atoms with Crippen LogP contribution in [0.15, 0.2) is 23.6 Å². The molecule has 0 saturated carbocycles. The van der Waals surface area contributed by atoms with Gasteiger partial charge in [0.1, 0.15) is 11.6 Å². The van der Waals surface area contributed by atoms with E-state index in [2.05, 4.69) is 25.4 Å². The molecule has 120 valence electrons. The monoisotopic (exact) mass is 321 g/mol. The van der Waals surface area contributed by atoms with Crippen LogP contribution in [0.4, 0.5) is 4.39 Å². The molecular weight excluding hydrogens is 309 g/mol. The Bertz CT molecular complexity index is 743. The van der Waals surface area contributed by atoms with Crippen molar-refractivity contribution < 1.29 is 19.0 Å². The molecule has 0 aliphatic carbocycles. The largest absolute Gasteiger partial charge is 0.493 e. The van der Waals surface area contributed by atoms with E-state index >= 15 is 0 Å². The fraction of sp³-hybridized carbons (Fsp3) is 0.333. The highest BCUT2D eigenvalue weighted by Crippen LogP contribution is 2.24. The number of azide groups is 1. The Morgan fingerprint density at radius 1 is 1.61 bits per heavy atom. The van der Waals surface area contributed by atoms with Crippen molar-refractivity contribution in [2.75, 3.05) is 6.61 Å². The van der Waals surface area contributed by atoms with Gasteiger partial charge < -0.3 is 9.84 Å². The molecule has 0 aliphatic rings. The fourth-order valence-electron chi connectivity index (χ4n) is 1.83. The molecule has 1 atom stereocenters. The predicted octanol–water partition coefficient (Wildman–Crippen LogP) is 1.58. The van der Waals surface area contributed by atoms with Crippen LogP contribution in [0.5, 0.6) is 5.75 Å². The van der Waals surface area contributed by atoms with E-state index in [9.17, 15) is 9.18 Å². The van der Waals surface area contributed by atoms with Gasteiger partial charge in [0.25, 0.3) is 0 Å². The first-order valence-corrected chi connectivity index (χ1v) is 6.43. The highest BCUT2D eigenvalue weighted by molar-refractivity contribution is 5.88. The first kappa shape index (κ1) is 16.2. The van der Waals surface area contributed by atoms with Gasteiger partial charge in [0.2, 0.25) is 0 Å². The SMILES string of the molecule is Cc1c(OCC(Cn2ncnn2)N=[N+]=[N-])ccc(C(=O)O)c1F. The van der Waals surface area contributed by atoms with Crippen molar-refractivity contribution in [3.8, 4) is 5.75 Å². The molecule has 0 aliphatic heterocycles. The quantitative estimate of drug-likeness (QED) is 0.466. The van der Waals surface area contributed by atoms with E-state index in [-0.39, 0.29) is 24.5 Å². The number of halogens is 1. The van der Waals surface area contributed by atoms with Crippen molar-refractivity contribution in [2.24, 2.45) is 5.11 Å². The van der Waals surface area contributed by atoms with Crippen molar-refractivity contribution in [3.05, 3.63) is 45.8 Å².